The first kappa shape index (κ1) is 23.1. The summed E-state index contributed by atoms with van der Waals surface area (Å²) in [6.45, 7) is 4.73. The van der Waals surface area contributed by atoms with Gasteiger partial charge in [0, 0.05) is 11.6 Å². The van der Waals surface area contributed by atoms with E-state index in [2.05, 4.69) is 14.8 Å². The van der Waals surface area contributed by atoms with Gasteiger partial charge in [-0.15, -0.1) is 0 Å². The Bertz CT molecular complexity index is 1290. The summed E-state index contributed by atoms with van der Waals surface area (Å²) < 4.78 is 70.2. The van der Waals surface area contributed by atoms with E-state index in [-0.39, 0.29) is 18.4 Å². The van der Waals surface area contributed by atoms with Gasteiger partial charge in [0.25, 0.3) is 0 Å². The Morgan fingerprint density at radius 3 is 2.47 bits per heavy atom. The van der Waals surface area contributed by atoms with E-state index in [9.17, 15) is 31.8 Å². The minimum Gasteiger partial charge on any atom is -0.393 e. The van der Waals surface area contributed by atoms with Gasteiger partial charge in [0.1, 0.15) is 10.6 Å². The molecule has 0 saturated heterocycles. The molecule has 13 heteroatoms. The van der Waals surface area contributed by atoms with Crippen LogP contribution in [0.2, 0.25) is 0 Å². The molecule has 1 aliphatic rings. The SMILES string of the molecule is Cc1nc2sc(C(C)(C)O)nn2c1-c1ccc(C(F)(F)F)c(S(=O)(=O)N[C@H]2C[C@H](O)C2)c1. The summed E-state index contributed by atoms with van der Waals surface area (Å²) in [6.07, 6.45) is -5.28. The third-order valence-corrected chi connectivity index (χ3v) is 7.97. The van der Waals surface area contributed by atoms with Crippen molar-refractivity contribution in [1.82, 2.24) is 19.3 Å². The highest BCUT2D eigenvalue weighted by Crippen LogP contribution is 2.38. The van der Waals surface area contributed by atoms with Gasteiger partial charge in [0.15, 0.2) is 0 Å². The fourth-order valence-electron chi connectivity index (χ4n) is 3.52. The molecule has 1 aromatic carbocycles. The molecule has 3 aromatic rings. The Morgan fingerprint density at radius 1 is 1.25 bits per heavy atom. The van der Waals surface area contributed by atoms with Crippen LogP contribution in [0.3, 0.4) is 0 Å². The molecule has 1 saturated carbocycles. The van der Waals surface area contributed by atoms with E-state index in [4.69, 9.17) is 0 Å². The molecule has 1 aliphatic carbocycles. The molecule has 8 nitrogen and oxygen atoms in total. The Hall–Kier alpha value is -2.06. The first-order valence-electron chi connectivity index (χ1n) is 9.68. The third kappa shape index (κ3) is 4.15. The number of nitrogens with zero attached hydrogens (tertiary/aromatic N) is 3. The largest absolute Gasteiger partial charge is 0.417 e. The smallest absolute Gasteiger partial charge is 0.393 e. The molecule has 0 radical (unpaired) electrons. The van der Waals surface area contributed by atoms with Crippen molar-refractivity contribution in [1.29, 1.82) is 0 Å². The first-order chi connectivity index (χ1) is 14.7. The molecule has 2 aromatic heterocycles. The second-order valence-electron chi connectivity index (χ2n) is 8.36. The van der Waals surface area contributed by atoms with Crippen LogP contribution in [-0.2, 0) is 21.8 Å². The predicted octanol–water partition coefficient (Wildman–Crippen LogP) is 2.81. The Balaban J connectivity index is 1.86. The molecule has 4 rings (SSSR count). The molecule has 174 valence electrons. The number of aromatic nitrogens is 3. The van der Waals surface area contributed by atoms with Crippen molar-refractivity contribution in [2.24, 2.45) is 0 Å². The average molecular weight is 491 g/mol. The maximum atomic E-state index is 13.6. The number of sulfonamides is 1. The highest BCUT2D eigenvalue weighted by molar-refractivity contribution is 7.89. The number of imidazole rings is 1. The van der Waals surface area contributed by atoms with Gasteiger partial charge in [-0.25, -0.2) is 22.6 Å². The maximum Gasteiger partial charge on any atom is 0.417 e. The van der Waals surface area contributed by atoms with Crippen LogP contribution in [0.5, 0.6) is 0 Å². The number of nitrogens with one attached hydrogen (secondary N) is 1. The zero-order valence-electron chi connectivity index (χ0n) is 17.3. The van der Waals surface area contributed by atoms with E-state index >= 15 is 0 Å². The molecule has 1 fully saturated rings. The molecule has 3 N–H and O–H groups in total. The van der Waals surface area contributed by atoms with Gasteiger partial charge in [-0.1, -0.05) is 17.4 Å². The van der Waals surface area contributed by atoms with E-state index in [1.165, 1.54) is 10.6 Å². The van der Waals surface area contributed by atoms with Gasteiger partial charge >= 0.3 is 6.18 Å². The van der Waals surface area contributed by atoms with Gasteiger partial charge in [-0.2, -0.15) is 18.3 Å². The van der Waals surface area contributed by atoms with Crippen molar-refractivity contribution in [3.05, 3.63) is 34.5 Å². The highest BCUT2D eigenvalue weighted by Gasteiger charge is 2.40. The van der Waals surface area contributed by atoms with Crippen molar-refractivity contribution in [2.75, 3.05) is 0 Å². The predicted molar refractivity (Wildman–Crippen MR) is 111 cm³/mol. The van der Waals surface area contributed by atoms with Crippen LogP contribution in [0.1, 0.15) is 43.0 Å². The zero-order valence-corrected chi connectivity index (χ0v) is 18.9. The molecular formula is C19H21F3N4O4S2. The maximum absolute atomic E-state index is 13.6. The van der Waals surface area contributed by atoms with Gasteiger partial charge in [-0.3, -0.25) is 0 Å². The molecule has 0 bridgehead atoms. The van der Waals surface area contributed by atoms with Crippen LogP contribution in [0.25, 0.3) is 16.2 Å². The molecular weight excluding hydrogens is 469 g/mol. The summed E-state index contributed by atoms with van der Waals surface area (Å²) in [6, 6.07) is 2.23. The number of alkyl halides is 3. The lowest BCUT2D eigenvalue weighted by molar-refractivity contribution is -0.139. The Labute approximate surface area is 185 Å². The summed E-state index contributed by atoms with van der Waals surface area (Å²) in [7, 11) is -4.52. The number of aliphatic hydroxyl groups is 2. The number of aliphatic hydroxyl groups excluding tert-OH is 1. The number of halogens is 3. The van der Waals surface area contributed by atoms with Crippen LogP contribution in [-0.4, -0.2) is 45.4 Å². The van der Waals surface area contributed by atoms with Gasteiger partial charge < -0.3 is 10.2 Å². The van der Waals surface area contributed by atoms with Gasteiger partial charge in [0.05, 0.1) is 28.0 Å². The summed E-state index contributed by atoms with van der Waals surface area (Å²) in [5.74, 6) is 0. The van der Waals surface area contributed by atoms with Crippen LogP contribution >= 0.6 is 11.3 Å². The number of hydrogen-bond donors (Lipinski definition) is 3. The van der Waals surface area contributed by atoms with E-state index < -0.39 is 44.4 Å². The topological polar surface area (TPSA) is 117 Å². The van der Waals surface area contributed by atoms with Crippen molar-refractivity contribution in [3.63, 3.8) is 0 Å². The molecule has 0 atom stereocenters. The summed E-state index contributed by atoms with van der Waals surface area (Å²) in [4.78, 5) is 3.87. The molecule has 0 unspecified atom stereocenters. The first-order valence-corrected chi connectivity index (χ1v) is 12.0. The van der Waals surface area contributed by atoms with Crippen molar-refractivity contribution < 1.29 is 31.8 Å². The van der Waals surface area contributed by atoms with E-state index in [0.717, 1.165) is 23.5 Å². The molecule has 0 amide bonds. The Morgan fingerprint density at radius 2 is 1.91 bits per heavy atom. The standard InChI is InChI=1S/C19H21F3N4O4S2/c1-9-15(26-17(23-9)31-16(24-26)18(2,3)28)10-4-5-13(19(20,21)22)14(6-10)32(29,30)25-11-7-12(27)8-11/h4-6,11-12,25,27-28H,7-8H2,1-3H3/t11-,12-. The minimum absolute atomic E-state index is 0.140. The van der Waals surface area contributed by atoms with Crippen molar-refractivity contribution in [2.45, 2.75) is 62.4 Å². The minimum atomic E-state index is -4.89. The van der Waals surface area contributed by atoms with Gasteiger partial charge in [-0.05, 0) is 45.7 Å². The number of aryl methyl sites for hydroxylation is 1. The quantitative estimate of drug-likeness (QED) is 0.507. The monoisotopic (exact) mass is 490 g/mol. The average Bonchev–Trinajstić information content (AvgIpc) is 3.15. The normalized spacial score (nSPS) is 20.0. The second-order valence-corrected chi connectivity index (χ2v) is 11.0. The van der Waals surface area contributed by atoms with E-state index in [1.807, 2.05) is 0 Å². The highest BCUT2D eigenvalue weighted by atomic mass is 32.2. The lowest BCUT2D eigenvalue weighted by Gasteiger charge is -2.32. The number of benzene rings is 1. The molecule has 0 spiro atoms. The summed E-state index contributed by atoms with van der Waals surface area (Å²) in [5.41, 5.74) is -1.57. The molecule has 32 heavy (non-hydrogen) atoms. The van der Waals surface area contributed by atoms with Crippen LogP contribution in [0.15, 0.2) is 23.1 Å². The fraction of sp³-hybridized carbons (Fsp3) is 0.474. The number of hydrogen-bond acceptors (Lipinski definition) is 7. The third-order valence-electron chi connectivity index (χ3n) is 5.19. The van der Waals surface area contributed by atoms with Crippen LogP contribution in [0.4, 0.5) is 13.2 Å². The van der Waals surface area contributed by atoms with E-state index in [1.54, 1.807) is 20.8 Å². The van der Waals surface area contributed by atoms with Gasteiger partial charge in [0.2, 0.25) is 15.0 Å². The summed E-state index contributed by atoms with van der Waals surface area (Å²) >= 11 is 1.13. The zero-order chi connectivity index (χ0) is 23.6. The van der Waals surface area contributed by atoms with E-state index in [0.29, 0.717) is 21.4 Å². The second kappa shape index (κ2) is 7.48. The molecule has 2 heterocycles. The van der Waals surface area contributed by atoms with Crippen LogP contribution in [0, 0.1) is 6.92 Å². The van der Waals surface area contributed by atoms with Crippen molar-refractivity contribution >= 4 is 26.3 Å². The van der Waals surface area contributed by atoms with Crippen LogP contribution < -0.4 is 4.72 Å². The summed E-state index contributed by atoms with van der Waals surface area (Å²) in [5, 5.41) is 24.3. The fourth-order valence-corrected chi connectivity index (χ4v) is 5.98. The molecule has 0 aliphatic heterocycles. The number of fused-ring (bicyclic) bond motifs is 1. The van der Waals surface area contributed by atoms with Crippen molar-refractivity contribution in [3.8, 4) is 11.3 Å². The Kier molecular flexibility index (Phi) is 5.41. The number of rotatable bonds is 5. The lowest BCUT2D eigenvalue weighted by atomic mass is 9.91. The lowest BCUT2D eigenvalue weighted by Crippen LogP contribution is -2.46.